The minimum atomic E-state index is 0.00883. The van der Waals surface area contributed by atoms with Gasteiger partial charge in [0.05, 0.1) is 5.75 Å². The van der Waals surface area contributed by atoms with Gasteiger partial charge in [-0.25, -0.2) is 0 Å². The van der Waals surface area contributed by atoms with Crippen molar-refractivity contribution in [1.82, 2.24) is 10.2 Å². The number of hydrogen-bond donors (Lipinski definition) is 1. The third kappa shape index (κ3) is 4.41. The zero-order chi connectivity index (χ0) is 19.3. The van der Waals surface area contributed by atoms with Gasteiger partial charge in [-0.1, -0.05) is 55.3 Å². The van der Waals surface area contributed by atoms with E-state index in [1.807, 2.05) is 47.4 Å². The van der Waals surface area contributed by atoms with E-state index >= 15 is 0 Å². The number of carbonyl (C=O) groups is 2. The van der Waals surface area contributed by atoms with Crippen LogP contribution >= 0.6 is 11.8 Å². The number of carbonyl (C=O) groups excluding carboxylic acids is 2. The number of rotatable bonds is 6. The zero-order valence-electron chi connectivity index (χ0n) is 16.0. The standard InChI is InChI=1S/C23H26N2O2S/c26-21-16-28-23(25(21)15-14-17-6-2-1-3-7-17)19-12-10-18(11-13-19)22(27)24-20-8-4-5-9-20/h1-3,6-7,10-13,20,23H,4-5,8-9,14-16H2,(H,24,27). The summed E-state index contributed by atoms with van der Waals surface area (Å²) in [6, 6.07) is 18.4. The number of nitrogens with zero attached hydrogens (tertiary/aromatic N) is 1. The summed E-state index contributed by atoms with van der Waals surface area (Å²) in [6.45, 7) is 0.713. The van der Waals surface area contributed by atoms with Gasteiger partial charge in [0.15, 0.2) is 0 Å². The summed E-state index contributed by atoms with van der Waals surface area (Å²) in [5.41, 5.74) is 3.02. The van der Waals surface area contributed by atoms with E-state index in [0.29, 0.717) is 23.9 Å². The Morgan fingerprint density at radius 2 is 1.75 bits per heavy atom. The molecule has 5 heteroatoms. The van der Waals surface area contributed by atoms with Crippen LogP contribution in [-0.4, -0.2) is 35.1 Å². The van der Waals surface area contributed by atoms with Gasteiger partial charge in [-0.3, -0.25) is 9.59 Å². The van der Waals surface area contributed by atoms with E-state index in [4.69, 9.17) is 0 Å². The first-order valence-electron chi connectivity index (χ1n) is 10.1. The molecular formula is C23H26N2O2S. The van der Waals surface area contributed by atoms with Crippen LogP contribution in [0.3, 0.4) is 0 Å². The zero-order valence-corrected chi connectivity index (χ0v) is 16.8. The van der Waals surface area contributed by atoms with E-state index in [9.17, 15) is 9.59 Å². The molecule has 146 valence electrons. The van der Waals surface area contributed by atoms with Gasteiger partial charge in [0.2, 0.25) is 5.91 Å². The first kappa shape index (κ1) is 19.1. The third-order valence-corrected chi connectivity index (χ3v) is 6.86. The molecule has 1 atom stereocenters. The molecule has 4 rings (SSSR count). The quantitative estimate of drug-likeness (QED) is 0.800. The molecule has 1 saturated heterocycles. The van der Waals surface area contributed by atoms with Crippen LogP contribution in [-0.2, 0) is 11.2 Å². The lowest BCUT2D eigenvalue weighted by molar-refractivity contribution is -0.128. The number of thioether (sulfide) groups is 1. The Morgan fingerprint density at radius 3 is 2.46 bits per heavy atom. The van der Waals surface area contributed by atoms with Crippen LogP contribution in [0.2, 0.25) is 0 Å². The topological polar surface area (TPSA) is 49.4 Å². The molecule has 0 aromatic heterocycles. The Balaban J connectivity index is 1.40. The molecule has 0 bridgehead atoms. The third-order valence-electron chi connectivity index (χ3n) is 5.60. The smallest absolute Gasteiger partial charge is 0.251 e. The summed E-state index contributed by atoms with van der Waals surface area (Å²) in [5.74, 6) is 0.715. The second-order valence-electron chi connectivity index (χ2n) is 7.56. The molecule has 0 spiro atoms. The second kappa shape index (κ2) is 8.82. The van der Waals surface area contributed by atoms with Crippen molar-refractivity contribution in [3.63, 3.8) is 0 Å². The van der Waals surface area contributed by atoms with Crippen molar-refractivity contribution in [3.8, 4) is 0 Å². The molecule has 2 aliphatic rings. The average molecular weight is 395 g/mol. The van der Waals surface area contributed by atoms with Crippen molar-refractivity contribution in [3.05, 3.63) is 71.3 Å². The van der Waals surface area contributed by atoms with Crippen LogP contribution in [0.5, 0.6) is 0 Å². The van der Waals surface area contributed by atoms with Gasteiger partial charge in [0, 0.05) is 18.2 Å². The van der Waals surface area contributed by atoms with Crippen molar-refractivity contribution < 1.29 is 9.59 Å². The fourth-order valence-electron chi connectivity index (χ4n) is 4.00. The summed E-state index contributed by atoms with van der Waals surface area (Å²) in [6.07, 6.45) is 5.43. The summed E-state index contributed by atoms with van der Waals surface area (Å²) in [4.78, 5) is 26.8. The van der Waals surface area contributed by atoms with Crippen LogP contribution in [0.4, 0.5) is 0 Å². The highest BCUT2D eigenvalue weighted by Crippen LogP contribution is 2.38. The first-order chi connectivity index (χ1) is 13.7. The molecule has 4 nitrogen and oxygen atoms in total. The maximum Gasteiger partial charge on any atom is 0.251 e. The van der Waals surface area contributed by atoms with Crippen LogP contribution in [0.25, 0.3) is 0 Å². The average Bonchev–Trinajstić information content (AvgIpc) is 3.37. The Morgan fingerprint density at radius 1 is 1.04 bits per heavy atom. The Labute approximate surface area is 170 Å². The van der Waals surface area contributed by atoms with Gasteiger partial charge < -0.3 is 10.2 Å². The van der Waals surface area contributed by atoms with Crippen molar-refractivity contribution in [1.29, 1.82) is 0 Å². The van der Waals surface area contributed by atoms with Gasteiger partial charge in [-0.15, -0.1) is 11.8 Å². The van der Waals surface area contributed by atoms with Crippen LogP contribution in [0.1, 0.15) is 52.5 Å². The van der Waals surface area contributed by atoms with Crippen molar-refractivity contribution in [2.45, 2.75) is 43.5 Å². The highest BCUT2D eigenvalue weighted by Gasteiger charge is 2.32. The SMILES string of the molecule is O=C(NC1CCCC1)c1ccc(C2SCC(=O)N2CCc2ccccc2)cc1. The molecule has 1 N–H and O–H groups in total. The highest BCUT2D eigenvalue weighted by molar-refractivity contribution is 8.00. The molecule has 28 heavy (non-hydrogen) atoms. The molecule has 1 saturated carbocycles. The number of amides is 2. The molecule has 0 radical (unpaired) electrons. The van der Waals surface area contributed by atoms with E-state index in [1.54, 1.807) is 11.8 Å². The Kier molecular flexibility index (Phi) is 6.01. The predicted octanol–water partition coefficient (Wildman–Crippen LogP) is 4.18. The normalized spacial score (nSPS) is 19.9. The predicted molar refractivity (Wildman–Crippen MR) is 113 cm³/mol. The number of nitrogens with one attached hydrogen (secondary N) is 1. The van der Waals surface area contributed by atoms with E-state index in [2.05, 4.69) is 17.4 Å². The van der Waals surface area contributed by atoms with Crippen molar-refractivity contribution in [2.24, 2.45) is 0 Å². The maximum atomic E-state index is 12.4. The van der Waals surface area contributed by atoms with E-state index in [-0.39, 0.29) is 17.2 Å². The van der Waals surface area contributed by atoms with Crippen molar-refractivity contribution >= 4 is 23.6 Å². The lowest BCUT2D eigenvalue weighted by Crippen LogP contribution is -2.32. The molecule has 2 aromatic carbocycles. The molecule has 1 unspecified atom stereocenters. The molecule has 2 amide bonds. The van der Waals surface area contributed by atoms with E-state index < -0.39 is 0 Å². The highest BCUT2D eigenvalue weighted by atomic mass is 32.2. The number of benzene rings is 2. The lowest BCUT2D eigenvalue weighted by Gasteiger charge is -2.24. The maximum absolute atomic E-state index is 12.4. The van der Waals surface area contributed by atoms with Gasteiger partial charge in [-0.05, 0) is 42.5 Å². The molecule has 1 heterocycles. The van der Waals surface area contributed by atoms with Crippen molar-refractivity contribution in [2.75, 3.05) is 12.3 Å². The van der Waals surface area contributed by atoms with E-state index in [1.165, 1.54) is 18.4 Å². The fourth-order valence-corrected chi connectivity index (χ4v) is 5.22. The molecule has 2 aromatic rings. The monoisotopic (exact) mass is 394 g/mol. The van der Waals surface area contributed by atoms with Gasteiger partial charge in [0.1, 0.15) is 5.37 Å². The van der Waals surface area contributed by atoms with Crippen LogP contribution < -0.4 is 5.32 Å². The van der Waals surface area contributed by atoms with Gasteiger partial charge >= 0.3 is 0 Å². The second-order valence-corrected chi connectivity index (χ2v) is 8.63. The molecular weight excluding hydrogens is 368 g/mol. The largest absolute Gasteiger partial charge is 0.349 e. The van der Waals surface area contributed by atoms with E-state index in [0.717, 1.165) is 24.8 Å². The lowest BCUT2D eigenvalue weighted by atomic mass is 10.1. The summed E-state index contributed by atoms with van der Waals surface area (Å²) in [5, 5.41) is 3.16. The minimum Gasteiger partial charge on any atom is -0.349 e. The summed E-state index contributed by atoms with van der Waals surface area (Å²) in [7, 11) is 0. The molecule has 2 fully saturated rings. The Hall–Kier alpha value is -2.27. The van der Waals surface area contributed by atoms with Gasteiger partial charge in [-0.2, -0.15) is 0 Å². The fraction of sp³-hybridized carbons (Fsp3) is 0.391. The summed E-state index contributed by atoms with van der Waals surface area (Å²) >= 11 is 1.66. The molecule has 1 aliphatic carbocycles. The number of hydrogen-bond acceptors (Lipinski definition) is 3. The first-order valence-corrected chi connectivity index (χ1v) is 11.1. The molecule has 1 aliphatic heterocycles. The van der Waals surface area contributed by atoms with Gasteiger partial charge in [0.25, 0.3) is 5.91 Å². The minimum absolute atomic E-state index is 0.00883. The summed E-state index contributed by atoms with van der Waals surface area (Å²) < 4.78 is 0. The Bertz CT molecular complexity index is 816. The van der Waals surface area contributed by atoms with Crippen LogP contribution in [0.15, 0.2) is 54.6 Å². The van der Waals surface area contributed by atoms with Crippen LogP contribution in [0, 0.1) is 0 Å².